The first-order chi connectivity index (χ1) is 6.04. The lowest BCUT2D eigenvalue weighted by molar-refractivity contribution is 0.0696. The number of carbonyl (C=O) groups is 1. The van der Waals surface area contributed by atoms with Crippen molar-refractivity contribution in [1.82, 2.24) is 0 Å². The van der Waals surface area contributed by atoms with Crippen molar-refractivity contribution in [1.29, 1.82) is 0 Å². The van der Waals surface area contributed by atoms with Gasteiger partial charge < -0.3 is 5.11 Å². The summed E-state index contributed by atoms with van der Waals surface area (Å²) in [7, 11) is 0. The smallest absolute Gasteiger partial charge is 0.335 e. The van der Waals surface area contributed by atoms with E-state index in [0.717, 1.165) is 11.1 Å². The Labute approximate surface area is 85.7 Å². The predicted molar refractivity (Wildman–Crippen MR) is 55.5 cm³/mol. The highest BCUT2D eigenvalue weighted by atomic mass is 79.9. The number of hydrogen-bond donors (Lipinski definition) is 1. The Bertz CT molecular complexity index is 332. The summed E-state index contributed by atoms with van der Waals surface area (Å²) >= 11 is 3.42. The standard InChI is InChI=1S/C10H11BrO2/c1-6-8(7(2)11)4-3-5-9(6)10(12)13/h3-5,7H,1-2H3,(H,12,13). The molecule has 0 aliphatic heterocycles. The fraction of sp³-hybridized carbons (Fsp3) is 0.300. The summed E-state index contributed by atoms with van der Waals surface area (Å²) in [5.41, 5.74) is 2.24. The summed E-state index contributed by atoms with van der Waals surface area (Å²) in [6.07, 6.45) is 0. The first kappa shape index (κ1) is 10.3. The van der Waals surface area contributed by atoms with Crippen molar-refractivity contribution in [3.05, 3.63) is 34.9 Å². The maximum absolute atomic E-state index is 10.8. The highest BCUT2D eigenvalue weighted by Crippen LogP contribution is 2.26. The zero-order valence-electron chi connectivity index (χ0n) is 7.54. The highest BCUT2D eigenvalue weighted by molar-refractivity contribution is 9.09. The van der Waals surface area contributed by atoms with E-state index in [1.54, 1.807) is 12.1 Å². The van der Waals surface area contributed by atoms with Gasteiger partial charge >= 0.3 is 5.97 Å². The van der Waals surface area contributed by atoms with Gasteiger partial charge in [-0.05, 0) is 31.0 Å². The fourth-order valence-electron chi connectivity index (χ4n) is 1.32. The van der Waals surface area contributed by atoms with E-state index in [4.69, 9.17) is 5.11 Å². The number of carboxylic acids is 1. The van der Waals surface area contributed by atoms with Crippen molar-refractivity contribution >= 4 is 21.9 Å². The Morgan fingerprint density at radius 2 is 2.15 bits per heavy atom. The van der Waals surface area contributed by atoms with Crippen molar-refractivity contribution in [2.45, 2.75) is 18.7 Å². The minimum atomic E-state index is -0.868. The molecule has 0 heterocycles. The van der Waals surface area contributed by atoms with Crippen molar-refractivity contribution in [3.63, 3.8) is 0 Å². The summed E-state index contributed by atoms with van der Waals surface area (Å²) in [6.45, 7) is 3.81. The molecule has 0 aliphatic carbocycles. The highest BCUT2D eigenvalue weighted by Gasteiger charge is 2.11. The van der Waals surface area contributed by atoms with E-state index in [2.05, 4.69) is 15.9 Å². The van der Waals surface area contributed by atoms with E-state index < -0.39 is 5.97 Å². The maximum Gasteiger partial charge on any atom is 0.335 e. The molecule has 3 heteroatoms. The van der Waals surface area contributed by atoms with Gasteiger partial charge in [-0.2, -0.15) is 0 Å². The second-order valence-electron chi connectivity index (χ2n) is 2.94. The Kier molecular flexibility index (Phi) is 3.09. The van der Waals surface area contributed by atoms with E-state index in [0.29, 0.717) is 5.56 Å². The molecule has 0 saturated carbocycles. The number of alkyl halides is 1. The van der Waals surface area contributed by atoms with Crippen LogP contribution in [0.4, 0.5) is 0 Å². The van der Waals surface area contributed by atoms with Gasteiger partial charge in [0, 0.05) is 4.83 Å². The first-order valence-corrected chi connectivity index (χ1v) is 4.92. The molecular weight excluding hydrogens is 232 g/mol. The molecule has 70 valence electrons. The number of benzene rings is 1. The van der Waals surface area contributed by atoms with Crippen LogP contribution in [0.3, 0.4) is 0 Å². The van der Waals surface area contributed by atoms with Gasteiger partial charge in [0.1, 0.15) is 0 Å². The molecule has 0 aromatic heterocycles. The molecule has 1 rings (SSSR count). The van der Waals surface area contributed by atoms with Gasteiger partial charge in [0.25, 0.3) is 0 Å². The fourth-order valence-corrected chi connectivity index (χ4v) is 1.81. The Hall–Kier alpha value is -0.830. The Balaban J connectivity index is 3.26. The van der Waals surface area contributed by atoms with Crippen LogP contribution >= 0.6 is 15.9 Å². The van der Waals surface area contributed by atoms with Crippen LogP contribution in [0.1, 0.15) is 33.2 Å². The number of halogens is 1. The topological polar surface area (TPSA) is 37.3 Å². The van der Waals surface area contributed by atoms with Crippen molar-refractivity contribution in [2.24, 2.45) is 0 Å². The van der Waals surface area contributed by atoms with Crippen molar-refractivity contribution < 1.29 is 9.90 Å². The van der Waals surface area contributed by atoms with E-state index in [9.17, 15) is 4.79 Å². The van der Waals surface area contributed by atoms with Crippen LogP contribution in [0.25, 0.3) is 0 Å². The molecule has 1 atom stereocenters. The zero-order chi connectivity index (χ0) is 10.0. The van der Waals surface area contributed by atoms with Gasteiger partial charge in [-0.1, -0.05) is 28.1 Å². The third-order valence-electron chi connectivity index (χ3n) is 2.03. The van der Waals surface area contributed by atoms with Crippen LogP contribution in [0, 0.1) is 6.92 Å². The van der Waals surface area contributed by atoms with E-state index in [1.807, 2.05) is 19.9 Å². The second-order valence-corrected chi connectivity index (χ2v) is 4.31. The summed E-state index contributed by atoms with van der Waals surface area (Å²) in [6, 6.07) is 5.32. The van der Waals surface area contributed by atoms with E-state index >= 15 is 0 Å². The third-order valence-corrected chi connectivity index (χ3v) is 2.53. The molecule has 0 bridgehead atoms. The minimum Gasteiger partial charge on any atom is -0.478 e. The van der Waals surface area contributed by atoms with Gasteiger partial charge in [0.05, 0.1) is 5.56 Å². The SMILES string of the molecule is Cc1c(C(=O)O)cccc1C(C)Br. The molecular formula is C10H11BrO2. The lowest BCUT2D eigenvalue weighted by Crippen LogP contribution is -2.02. The minimum absolute atomic E-state index is 0.187. The van der Waals surface area contributed by atoms with Gasteiger partial charge in [-0.15, -0.1) is 0 Å². The average Bonchev–Trinajstić information content (AvgIpc) is 2.03. The second kappa shape index (κ2) is 3.92. The molecule has 0 saturated heterocycles. The number of aromatic carboxylic acids is 1. The summed E-state index contributed by atoms with van der Waals surface area (Å²) in [4.78, 5) is 11.0. The molecule has 1 aromatic rings. The van der Waals surface area contributed by atoms with Crippen LogP contribution in [-0.2, 0) is 0 Å². The molecule has 1 aromatic carbocycles. The molecule has 0 amide bonds. The van der Waals surface area contributed by atoms with Crippen LogP contribution in [-0.4, -0.2) is 11.1 Å². The van der Waals surface area contributed by atoms with Gasteiger partial charge in [0.2, 0.25) is 0 Å². The molecule has 1 N–H and O–H groups in total. The molecule has 2 nitrogen and oxygen atoms in total. The monoisotopic (exact) mass is 242 g/mol. The molecule has 0 radical (unpaired) electrons. The average molecular weight is 243 g/mol. The van der Waals surface area contributed by atoms with Crippen LogP contribution in [0.5, 0.6) is 0 Å². The van der Waals surface area contributed by atoms with E-state index in [1.165, 1.54) is 0 Å². The zero-order valence-corrected chi connectivity index (χ0v) is 9.13. The van der Waals surface area contributed by atoms with Crippen LogP contribution < -0.4 is 0 Å². The Morgan fingerprint density at radius 3 is 2.62 bits per heavy atom. The first-order valence-electron chi connectivity index (χ1n) is 4.01. The van der Waals surface area contributed by atoms with Gasteiger partial charge in [-0.3, -0.25) is 0 Å². The van der Waals surface area contributed by atoms with Gasteiger partial charge in [0.15, 0.2) is 0 Å². The van der Waals surface area contributed by atoms with Crippen molar-refractivity contribution in [3.8, 4) is 0 Å². The largest absolute Gasteiger partial charge is 0.478 e. The predicted octanol–water partition coefficient (Wildman–Crippen LogP) is 3.15. The van der Waals surface area contributed by atoms with Gasteiger partial charge in [-0.25, -0.2) is 4.79 Å². The lowest BCUT2D eigenvalue weighted by Gasteiger charge is -2.09. The summed E-state index contributed by atoms with van der Waals surface area (Å²) in [5.74, 6) is -0.868. The third kappa shape index (κ3) is 2.10. The lowest BCUT2D eigenvalue weighted by atomic mass is 10.0. The molecule has 0 fully saturated rings. The number of carboxylic acid groups (broad SMARTS) is 1. The normalized spacial score (nSPS) is 12.5. The Morgan fingerprint density at radius 1 is 1.54 bits per heavy atom. The van der Waals surface area contributed by atoms with Crippen LogP contribution in [0.2, 0.25) is 0 Å². The molecule has 0 aliphatic rings. The maximum atomic E-state index is 10.8. The van der Waals surface area contributed by atoms with E-state index in [-0.39, 0.29) is 4.83 Å². The number of hydrogen-bond acceptors (Lipinski definition) is 1. The molecule has 13 heavy (non-hydrogen) atoms. The molecule has 1 unspecified atom stereocenters. The molecule has 0 spiro atoms. The van der Waals surface area contributed by atoms with Crippen LogP contribution in [0.15, 0.2) is 18.2 Å². The quantitative estimate of drug-likeness (QED) is 0.810. The van der Waals surface area contributed by atoms with Crippen molar-refractivity contribution in [2.75, 3.05) is 0 Å². The number of rotatable bonds is 2. The summed E-state index contributed by atoms with van der Waals surface area (Å²) < 4.78 is 0. The summed E-state index contributed by atoms with van der Waals surface area (Å²) in [5, 5.41) is 8.86.